The van der Waals surface area contributed by atoms with Crippen LogP contribution in [0.5, 0.6) is 5.75 Å². The molecular weight excluding hydrogens is 318 g/mol. The molecule has 5 heteroatoms. The van der Waals surface area contributed by atoms with Crippen molar-refractivity contribution in [3.05, 3.63) is 65.7 Å². The lowest BCUT2D eigenvalue weighted by molar-refractivity contribution is 0.309. The molecular formula is C19H23N3OS. The van der Waals surface area contributed by atoms with E-state index in [2.05, 4.69) is 22.8 Å². The predicted octanol–water partition coefficient (Wildman–Crippen LogP) is 3.86. The van der Waals surface area contributed by atoms with E-state index in [0.29, 0.717) is 11.7 Å². The Morgan fingerprint density at radius 3 is 2.58 bits per heavy atom. The topological polar surface area (TPSA) is 45.6 Å². The Labute approximate surface area is 148 Å². The van der Waals surface area contributed by atoms with Gasteiger partial charge in [0, 0.05) is 6.54 Å². The molecule has 2 N–H and O–H groups in total. The van der Waals surface area contributed by atoms with E-state index in [0.717, 1.165) is 30.8 Å². The van der Waals surface area contributed by atoms with Gasteiger partial charge < -0.3 is 10.1 Å². The zero-order valence-corrected chi connectivity index (χ0v) is 14.7. The minimum Gasteiger partial charge on any atom is -0.494 e. The van der Waals surface area contributed by atoms with Crippen LogP contribution < -0.4 is 15.5 Å². The van der Waals surface area contributed by atoms with Crippen LogP contribution in [0, 0.1) is 0 Å². The van der Waals surface area contributed by atoms with E-state index in [-0.39, 0.29) is 0 Å². The number of hydrogen-bond donors (Lipinski definition) is 2. The highest BCUT2D eigenvalue weighted by atomic mass is 32.1. The van der Waals surface area contributed by atoms with Crippen molar-refractivity contribution in [3.63, 3.8) is 0 Å². The molecule has 0 aliphatic heterocycles. The maximum atomic E-state index is 5.63. The lowest BCUT2D eigenvalue weighted by Gasteiger charge is -2.07. The van der Waals surface area contributed by atoms with Crippen LogP contribution in [0.2, 0.25) is 0 Å². The fourth-order valence-electron chi connectivity index (χ4n) is 1.97. The van der Waals surface area contributed by atoms with E-state index >= 15 is 0 Å². The van der Waals surface area contributed by atoms with Gasteiger partial charge in [-0.1, -0.05) is 43.7 Å². The molecule has 0 aromatic heterocycles. The molecule has 0 amide bonds. The average Bonchev–Trinajstić information content (AvgIpc) is 2.62. The van der Waals surface area contributed by atoms with Gasteiger partial charge in [-0.15, -0.1) is 0 Å². The fraction of sp³-hybridized carbons (Fsp3) is 0.263. The number of ether oxygens (including phenoxy) is 1. The number of hydrazone groups is 1. The van der Waals surface area contributed by atoms with Gasteiger partial charge in [0.2, 0.25) is 0 Å². The van der Waals surface area contributed by atoms with Crippen molar-refractivity contribution in [2.45, 2.75) is 26.3 Å². The molecule has 2 rings (SSSR count). The first-order valence-electron chi connectivity index (χ1n) is 8.11. The number of benzene rings is 2. The molecule has 0 aliphatic rings. The van der Waals surface area contributed by atoms with Gasteiger partial charge in [-0.3, -0.25) is 5.43 Å². The Kier molecular flexibility index (Phi) is 7.77. The number of nitrogens with one attached hydrogen (secondary N) is 2. The van der Waals surface area contributed by atoms with E-state index in [1.165, 1.54) is 5.56 Å². The molecule has 4 nitrogen and oxygen atoms in total. The summed E-state index contributed by atoms with van der Waals surface area (Å²) < 4.78 is 5.63. The summed E-state index contributed by atoms with van der Waals surface area (Å²) >= 11 is 5.19. The highest BCUT2D eigenvalue weighted by Crippen LogP contribution is 2.11. The number of hydrogen-bond acceptors (Lipinski definition) is 3. The average molecular weight is 341 g/mol. The van der Waals surface area contributed by atoms with Crippen LogP contribution in [0.25, 0.3) is 0 Å². The Hall–Kier alpha value is -2.40. The molecule has 24 heavy (non-hydrogen) atoms. The minimum atomic E-state index is 0.495. The molecule has 0 aliphatic carbocycles. The van der Waals surface area contributed by atoms with Crippen molar-refractivity contribution >= 4 is 23.5 Å². The van der Waals surface area contributed by atoms with Gasteiger partial charge in [-0.25, -0.2) is 0 Å². The van der Waals surface area contributed by atoms with Crippen LogP contribution in [-0.4, -0.2) is 17.9 Å². The second-order valence-corrected chi connectivity index (χ2v) is 5.72. The number of thiocarbonyl (C=S) groups is 1. The number of unbranched alkanes of at least 4 members (excludes halogenated alkanes) is 1. The Balaban J connectivity index is 1.71. The standard InChI is InChI=1S/C19H23N3OS/c1-2-3-13-23-18-11-9-17(10-12-18)15-21-22-19(24)20-14-16-7-5-4-6-8-16/h4-12,15H,2-3,13-14H2,1H3,(H2,20,22,24). The summed E-state index contributed by atoms with van der Waals surface area (Å²) in [4.78, 5) is 0. The molecule has 0 bridgehead atoms. The first kappa shape index (κ1) is 17.9. The predicted molar refractivity (Wildman–Crippen MR) is 103 cm³/mol. The van der Waals surface area contributed by atoms with Crippen molar-refractivity contribution in [1.82, 2.24) is 10.7 Å². The van der Waals surface area contributed by atoms with E-state index in [4.69, 9.17) is 17.0 Å². The van der Waals surface area contributed by atoms with E-state index in [1.807, 2.05) is 54.6 Å². The van der Waals surface area contributed by atoms with Crippen molar-refractivity contribution < 1.29 is 4.74 Å². The molecule has 0 spiro atoms. The van der Waals surface area contributed by atoms with Crippen LogP contribution in [0.4, 0.5) is 0 Å². The lowest BCUT2D eigenvalue weighted by atomic mass is 10.2. The minimum absolute atomic E-state index is 0.495. The third kappa shape index (κ3) is 6.79. The summed E-state index contributed by atoms with van der Waals surface area (Å²) in [5.41, 5.74) is 4.97. The molecule has 0 radical (unpaired) electrons. The van der Waals surface area contributed by atoms with Gasteiger partial charge >= 0.3 is 0 Å². The van der Waals surface area contributed by atoms with Crippen LogP contribution in [0.3, 0.4) is 0 Å². The smallest absolute Gasteiger partial charge is 0.187 e. The summed E-state index contributed by atoms with van der Waals surface area (Å²) in [5.74, 6) is 0.883. The Bertz CT molecular complexity index is 641. The monoisotopic (exact) mass is 341 g/mol. The SMILES string of the molecule is CCCCOc1ccc(C=NNC(=S)NCc2ccccc2)cc1. The highest BCUT2D eigenvalue weighted by molar-refractivity contribution is 7.80. The van der Waals surface area contributed by atoms with E-state index in [9.17, 15) is 0 Å². The van der Waals surface area contributed by atoms with Crippen molar-refractivity contribution in [2.24, 2.45) is 5.10 Å². The van der Waals surface area contributed by atoms with Gasteiger partial charge in [0.25, 0.3) is 0 Å². The second-order valence-electron chi connectivity index (χ2n) is 5.31. The number of rotatable bonds is 8. The molecule has 0 saturated heterocycles. The first-order valence-corrected chi connectivity index (χ1v) is 8.52. The van der Waals surface area contributed by atoms with Crippen molar-refractivity contribution in [2.75, 3.05) is 6.61 Å². The van der Waals surface area contributed by atoms with Gasteiger partial charge in [0.05, 0.1) is 12.8 Å². The maximum absolute atomic E-state index is 5.63. The summed E-state index contributed by atoms with van der Waals surface area (Å²) in [6, 6.07) is 17.9. The summed E-state index contributed by atoms with van der Waals surface area (Å²) in [7, 11) is 0. The summed E-state index contributed by atoms with van der Waals surface area (Å²) in [5, 5.41) is 7.74. The summed E-state index contributed by atoms with van der Waals surface area (Å²) in [6.45, 7) is 3.58. The zero-order chi connectivity index (χ0) is 17.0. The third-order valence-electron chi connectivity index (χ3n) is 3.32. The fourth-order valence-corrected chi connectivity index (χ4v) is 2.09. The second kappa shape index (κ2) is 10.4. The molecule has 0 saturated carbocycles. The molecule has 126 valence electrons. The third-order valence-corrected chi connectivity index (χ3v) is 3.56. The normalized spacial score (nSPS) is 10.5. The molecule has 2 aromatic rings. The largest absolute Gasteiger partial charge is 0.494 e. The number of nitrogens with zero attached hydrogens (tertiary/aromatic N) is 1. The molecule has 0 unspecified atom stereocenters. The molecule has 0 atom stereocenters. The summed E-state index contributed by atoms with van der Waals surface area (Å²) in [6.07, 6.45) is 3.93. The van der Waals surface area contributed by atoms with Crippen molar-refractivity contribution in [3.8, 4) is 5.75 Å². The van der Waals surface area contributed by atoms with Gasteiger partial charge in [-0.2, -0.15) is 5.10 Å². The van der Waals surface area contributed by atoms with Gasteiger partial charge in [-0.05, 0) is 54.0 Å². The van der Waals surface area contributed by atoms with Crippen LogP contribution in [0.1, 0.15) is 30.9 Å². The van der Waals surface area contributed by atoms with E-state index < -0.39 is 0 Å². The quantitative estimate of drug-likeness (QED) is 0.331. The molecule has 0 fully saturated rings. The maximum Gasteiger partial charge on any atom is 0.187 e. The van der Waals surface area contributed by atoms with Crippen molar-refractivity contribution in [1.29, 1.82) is 0 Å². The Morgan fingerprint density at radius 1 is 1.12 bits per heavy atom. The van der Waals surface area contributed by atoms with Crippen LogP contribution in [-0.2, 0) is 6.54 Å². The molecule has 0 heterocycles. The first-order chi connectivity index (χ1) is 11.8. The van der Waals surface area contributed by atoms with Gasteiger partial charge in [0.1, 0.15) is 5.75 Å². The highest BCUT2D eigenvalue weighted by Gasteiger charge is 1.96. The Morgan fingerprint density at radius 2 is 1.88 bits per heavy atom. The van der Waals surface area contributed by atoms with Gasteiger partial charge in [0.15, 0.2) is 5.11 Å². The van der Waals surface area contributed by atoms with Crippen LogP contribution >= 0.6 is 12.2 Å². The lowest BCUT2D eigenvalue weighted by Crippen LogP contribution is -2.31. The van der Waals surface area contributed by atoms with E-state index in [1.54, 1.807) is 6.21 Å². The van der Waals surface area contributed by atoms with Crippen LogP contribution in [0.15, 0.2) is 59.7 Å². The molecule has 2 aromatic carbocycles. The zero-order valence-electron chi connectivity index (χ0n) is 13.9.